The maximum Gasteiger partial charge on any atom is 0.236 e. The Hall–Kier alpha value is -2.18. The number of rotatable bonds is 8. The summed E-state index contributed by atoms with van der Waals surface area (Å²) in [6.07, 6.45) is 0. The van der Waals surface area contributed by atoms with Gasteiger partial charge in [0, 0.05) is 38.5 Å². The predicted octanol–water partition coefficient (Wildman–Crippen LogP) is 1.99. The van der Waals surface area contributed by atoms with Gasteiger partial charge in [0.1, 0.15) is 0 Å². The van der Waals surface area contributed by atoms with E-state index in [0.29, 0.717) is 26.2 Å². The zero-order chi connectivity index (χ0) is 18.4. The van der Waals surface area contributed by atoms with Crippen molar-refractivity contribution in [3.05, 3.63) is 46.8 Å². The lowest BCUT2D eigenvalue weighted by atomic mass is 10.1. The number of methoxy groups -OCH3 is 1. The minimum Gasteiger partial charge on any atom is -0.383 e. The molecule has 1 heterocycles. The number of hydrogen-bond acceptors (Lipinski definition) is 4. The summed E-state index contributed by atoms with van der Waals surface area (Å²) in [5.74, 6) is 0.0542. The van der Waals surface area contributed by atoms with Crippen molar-refractivity contribution in [1.82, 2.24) is 20.0 Å². The smallest absolute Gasteiger partial charge is 0.236 e. The highest BCUT2D eigenvalue weighted by Gasteiger charge is 2.17. The molecule has 0 saturated heterocycles. The summed E-state index contributed by atoms with van der Waals surface area (Å²) in [6, 6.07) is 8.17. The molecule has 0 unspecified atom stereocenters. The highest BCUT2D eigenvalue weighted by atomic mass is 16.5. The number of carbonyl (C=O) groups is 1. The summed E-state index contributed by atoms with van der Waals surface area (Å²) in [7, 11) is 3.47. The number of carbonyl (C=O) groups excluding carboxylic acids is 1. The molecule has 0 aliphatic carbocycles. The van der Waals surface area contributed by atoms with Crippen LogP contribution < -0.4 is 5.32 Å². The van der Waals surface area contributed by atoms with Crippen molar-refractivity contribution < 1.29 is 9.53 Å². The number of likely N-dealkylation sites (N-methyl/N-ethyl adjacent to an activating group) is 1. The number of ether oxygens (including phenoxy) is 1. The van der Waals surface area contributed by atoms with E-state index in [0.717, 1.165) is 22.6 Å². The van der Waals surface area contributed by atoms with Gasteiger partial charge in [0.2, 0.25) is 5.91 Å². The Labute approximate surface area is 149 Å². The summed E-state index contributed by atoms with van der Waals surface area (Å²) in [5, 5.41) is 7.77. The van der Waals surface area contributed by atoms with Crippen LogP contribution in [0.15, 0.2) is 24.3 Å². The monoisotopic (exact) mass is 344 g/mol. The summed E-state index contributed by atoms with van der Waals surface area (Å²) < 4.78 is 6.93. The molecule has 0 aliphatic rings. The molecule has 0 spiro atoms. The van der Waals surface area contributed by atoms with Crippen molar-refractivity contribution in [2.45, 2.75) is 27.3 Å². The number of benzene rings is 1. The highest BCUT2D eigenvalue weighted by Crippen LogP contribution is 2.21. The van der Waals surface area contributed by atoms with E-state index in [1.165, 1.54) is 5.56 Å². The summed E-state index contributed by atoms with van der Waals surface area (Å²) in [6.45, 7) is 8.24. The molecule has 1 amide bonds. The molecule has 1 aromatic carbocycles. The minimum absolute atomic E-state index is 0.0542. The molecule has 1 aromatic heterocycles. The van der Waals surface area contributed by atoms with E-state index in [1.807, 2.05) is 30.8 Å². The zero-order valence-electron chi connectivity index (χ0n) is 15.8. The van der Waals surface area contributed by atoms with Crippen molar-refractivity contribution >= 4 is 5.91 Å². The van der Waals surface area contributed by atoms with Crippen LogP contribution in [-0.2, 0) is 16.1 Å². The molecule has 0 bridgehead atoms. The van der Waals surface area contributed by atoms with Crippen LogP contribution in [-0.4, -0.2) is 54.4 Å². The van der Waals surface area contributed by atoms with E-state index >= 15 is 0 Å². The summed E-state index contributed by atoms with van der Waals surface area (Å²) in [4.78, 5) is 14.0. The first-order valence-corrected chi connectivity index (χ1v) is 8.50. The first kappa shape index (κ1) is 19.1. The van der Waals surface area contributed by atoms with Gasteiger partial charge in [0.25, 0.3) is 0 Å². The van der Waals surface area contributed by atoms with Crippen molar-refractivity contribution in [3.63, 3.8) is 0 Å². The summed E-state index contributed by atoms with van der Waals surface area (Å²) in [5.41, 5.74) is 5.36. The fraction of sp³-hybridized carbons (Fsp3) is 0.474. The molecule has 2 aromatic rings. The molecule has 2 rings (SSSR count). The molecule has 25 heavy (non-hydrogen) atoms. The highest BCUT2D eigenvalue weighted by molar-refractivity contribution is 5.78. The standard InChI is InChI=1S/C19H28N4O2/c1-14-8-6-7-9-18(14)23-16(3)17(15(2)21-23)13-22(4)19(24)12-20-10-11-25-5/h6-9,20H,10-13H2,1-5H3. The van der Waals surface area contributed by atoms with Gasteiger partial charge in [0.15, 0.2) is 0 Å². The van der Waals surface area contributed by atoms with Crippen molar-refractivity contribution in [2.75, 3.05) is 33.9 Å². The minimum atomic E-state index is 0.0542. The molecule has 0 radical (unpaired) electrons. The first-order valence-electron chi connectivity index (χ1n) is 8.50. The maximum atomic E-state index is 12.3. The second-order valence-electron chi connectivity index (χ2n) is 6.27. The molecule has 0 atom stereocenters. The number of nitrogens with zero attached hydrogens (tertiary/aromatic N) is 3. The normalized spacial score (nSPS) is 10.9. The van der Waals surface area contributed by atoms with Crippen molar-refractivity contribution in [1.29, 1.82) is 0 Å². The second-order valence-corrected chi connectivity index (χ2v) is 6.27. The Morgan fingerprint density at radius 2 is 2.00 bits per heavy atom. The number of amides is 1. The lowest BCUT2D eigenvalue weighted by molar-refractivity contribution is -0.129. The molecule has 6 nitrogen and oxygen atoms in total. The lowest BCUT2D eigenvalue weighted by Crippen LogP contribution is -2.36. The SMILES string of the molecule is COCCNCC(=O)N(C)Cc1c(C)nn(-c2ccccc2C)c1C. The van der Waals surface area contributed by atoms with Gasteiger partial charge in [0.05, 0.1) is 24.5 Å². The van der Waals surface area contributed by atoms with Gasteiger partial charge in [-0.25, -0.2) is 4.68 Å². The van der Waals surface area contributed by atoms with E-state index in [1.54, 1.807) is 12.0 Å². The zero-order valence-corrected chi connectivity index (χ0v) is 15.8. The molecule has 136 valence electrons. The third-order valence-corrected chi connectivity index (χ3v) is 4.37. The Balaban J connectivity index is 2.10. The van der Waals surface area contributed by atoms with Crippen LogP contribution in [0.3, 0.4) is 0 Å². The van der Waals surface area contributed by atoms with Crippen molar-refractivity contribution in [2.24, 2.45) is 0 Å². The Morgan fingerprint density at radius 1 is 1.28 bits per heavy atom. The van der Waals surface area contributed by atoms with Crippen LogP contribution in [0, 0.1) is 20.8 Å². The molecule has 6 heteroatoms. The lowest BCUT2D eigenvalue weighted by Gasteiger charge is -2.18. The largest absolute Gasteiger partial charge is 0.383 e. The molecule has 1 N–H and O–H groups in total. The average Bonchev–Trinajstić information content (AvgIpc) is 2.87. The van der Waals surface area contributed by atoms with Crippen LogP contribution in [0.5, 0.6) is 0 Å². The molecule has 0 aliphatic heterocycles. The van der Waals surface area contributed by atoms with Gasteiger partial charge >= 0.3 is 0 Å². The van der Waals surface area contributed by atoms with Gasteiger partial charge in [-0.05, 0) is 32.4 Å². The van der Waals surface area contributed by atoms with Gasteiger partial charge in [-0.1, -0.05) is 18.2 Å². The quantitative estimate of drug-likeness (QED) is 0.744. The Morgan fingerprint density at radius 3 is 2.68 bits per heavy atom. The van der Waals surface area contributed by atoms with Crippen LogP contribution in [0.4, 0.5) is 0 Å². The number of para-hydroxylation sites is 1. The van der Waals surface area contributed by atoms with Gasteiger partial charge in [-0.3, -0.25) is 4.79 Å². The molecule has 0 saturated carbocycles. The number of hydrogen-bond donors (Lipinski definition) is 1. The Bertz CT molecular complexity index is 724. The van der Waals surface area contributed by atoms with E-state index in [9.17, 15) is 4.79 Å². The van der Waals surface area contributed by atoms with E-state index < -0.39 is 0 Å². The van der Waals surface area contributed by atoms with Gasteiger partial charge < -0.3 is 15.0 Å². The summed E-state index contributed by atoms with van der Waals surface area (Å²) >= 11 is 0. The number of nitrogens with one attached hydrogen (secondary N) is 1. The van der Waals surface area contributed by atoms with Gasteiger partial charge in [-0.15, -0.1) is 0 Å². The Kier molecular flexibility index (Phi) is 6.73. The average molecular weight is 344 g/mol. The number of aromatic nitrogens is 2. The molecular weight excluding hydrogens is 316 g/mol. The molecular formula is C19H28N4O2. The topological polar surface area (TPSA) is 59.4 Å². The predicted molar refractivity (Wildman–Crippen MR) is 99.0 cm³/mol. The second kappa shape index (κ2) is 8.78. The number of aryl methyl sites for hydroxylation is 2. The first-order chi connectivity index (χ1) is 12.0. The third kappa shape index (κ3) is 4.67. The van der Waals surface area contributed by atoms with Crippen LogP contribution in [0.2, 0.25) is 0 Å². The van der Waals surface area contributed by atoms with Crippen LogP contribution >= 0.6 is 0 Å². The fourth-order valence-electron chi connectivity index (χ4n) is 2.77. The van der Waals surface area contributed by atoms with Crippen LogP contribution in [0.1, 0.15) is 22.5 Å². The third-order valence-electron chi connectivity index (χ3n) is 4.37. The fourth-order valence-corrected chi connectivity index (χ4v) is 2.77. The van der Waals surface area contributed by atoms with Crippen LogP contribution in [0.25, 0.3) is 5.69 Å². The maximum absolute atomic E-state index is 12.3. The van der Waals surface area contributed by atoms with Gasteiger partial charge in [-0.2, -0.15) is 5.10 Å². The van der Waals surface area contributed by atoms with E-state index in [-0.39, 0.29) is 5.91 Å². The van der Waals surface area contributed by atoms with E-state index in [2.05, 4.69) is 36.4 Å². The van der Waals surface area contributed by atoms with Crippen molar-refractivity contribution in [3.8, 4) is 5.69 Å². The molecule has 0 fully saturated rings. The van der Waals surface area contributed by atoms with E-state index in [4.69, 9.17) is 4.74 Å².